The van der Waals surface area contributed by atoms with Crippen LogP contribution in [-0.4, -0.2) is 37.1 Å². The fourth-order valence-electron chi connectivity index (χ4n) is 4.71. The summed E-state index contributed by atoms with van der Waals surface area (Å²) in [6.07, 6.45) is 7.26. The molecule has 174 valence electrons. The lowest BCUT2D eigenvalue weighted by molar-refractivity contribution is -0.926. The van der Waals surface area contributed by atoms with E-state index in [1.54, 1.807) is 23.5 Å². The molecule has 5 heterocycles. The smallest absolute Gasteiger partial charge is 0.291 e. The molecule has 0 saturated carbocycles. The van der Waals surface area contributed by atoms with Crippen LogP contribution in [0.15, 0.2) is 71.7 Å². The molecule has 1 aliphatic rings. The summed E-state index contributed by atoms with van der Waals surface area (Å²) >= 11 is 1.63. The third-order valence-electron chi connectivity index (χ3n) is 6.56. The summed E-state index contributed by atoms with van der Waals surface area (Å²) in [5.74, 6) is 1.23. The first-order chi connectivity index (χ1) is 16.6. The van der Waals surface area contributed by atoms with Gasteiger partial charge < -0.3 is 14.6 Å². The van der Waals surface area contributed by atoms with Crippen LogP contribution >= 0.6 is 11.3 Å². The second-order valence-electron chi connectivity index (χ2n) is 8.57. The number of hydrogen-bond donors (Lipinski definition) is 2. The maximum atomic E-state index is 12.9. The zero-order chi connectivity index (χ0) is 23.5. The number of anilines is 2. The van der Waals surface area contributed by atoms with E-state index in [2.05, 4.69) is 52.2 Å². The van der Waals surface area contributed by atoms with E-state index in [0.29, 0.717) is 5.76 Å². The van der Waals surface area contributed by atoms with Crippen LogP contribution in [0.3, 0.4) is 0 Å². The van der Waals surface area contributed by atoms with Gasteiger partial charge in [0.2, 0.25) is 0 Å². The molecule has 1 saturated heterocycles. The third kappa shape index (κ3) is 4.47. The monoisotopic (exact) mass is 475 g/mol. The van der Waals surface area contributed by atoms with E-state index >= 15 is 0 Å². The minimum Gasteiger partial charge on any atom is -0.459 e. The van der Waals surface area contributed by atoms with E-state index in [1.165, 1.54) is 27.2 Å². The molecule has 0 unspecified atom stereocenters. The zero-order valence-corrected chi connectivity index (χ0v) is 20.2. The van der Waals surface area contributed by atoms with Gasteiger partial charge in [0.15, 0.2) is 5.76 Å². The van der Waals surface area contributed by atoms with Crippen molar-refractivity contribution in [2.24, 2.45) is 0 Å². The lowest BCUT2D eigenvalue weighted by Gasteiger charge is -2.34. The molecule has 0 radical (unpaired) electrons. The van der Waals surface area contributed by atoms with Gasteiger partial charge in [0.25, 0.3) is 11.7 Å². The van der Waals surface area contributed by atoms with Gasteiger partial charge in [0.1, 0.15) is 37.2 Å². The van der Waals surface area contributed by atoms with Gasteiger partial charge >= 0.3 is 0 Å². The minimum atomic E-state index is -0.225. The fraction of sp³-hybridized carbons (Fsp3) is 0.269. The summed E-state index contributed by atoms with van der Waals surface area (Å²) in [4.78, 5) is 25.7. The van der Waals surface area contributed by atoms with Gasteiger partial charge in [-0.2, -0.15) is 0 Å². The van der Waals surface area contributed by atoms with Gasteiger partial charge in [-0.3, -0.25) is 14.7 Å². The Bertz CT molecular complexity index is 1230. The van der Waals surface area contributed by atoms with E-state index in [-0.39, 0.29) is 11.9 Å². The first-order valence-electron chi connectivity index (χ1n) is 11.5. The number of pyridine rings is 2. The highest BCUT2D eigenvalue weighted by atomic mass is 32.1. The number of thiophene rings is 1. The topological polar surface area (TPSA) is 77.0 Å². The van der Waals surface area contributed by atoms with Crippen LogP contribution in [0.25, 0.3) is 0 Å². The Kier molecular flexibility index (Phi) is 6.42. The Hall–Kier alpha value is -3.49. The van der Waals surface area contributed by atoms with Gasteiger partial charge in [-0.05, 0) is 49.7 Å². The minimum absolute atomic E-state index is 0.0763. The van der Waals surface area contributed by atoms with Crippen molar-refractivity contribution in [3.63, 3.8) is 0 Å². The van der Waals surface area contributed by atoms with Crippen molar-refractivity contribution in [2.45, 2.75) is 19.9 Å². The Morgan fingerprint density at radius 2 is 2.03 bits per heavy atom. The number of aromatic nitrogens is 2. The Labute approximate surface area is 203 Å². The number of H-pyrrole nitrogens is 1. The van der Waals surface area contributed by atoms with Crippen molar-refractivity contribution in [2.75, 3.05) is 36.4 Å². The van der Waals surface area contributed by atoms with Crippen molar-refractivity contribution in [1.29, 1.82) is 0 Å². The highest BCUT2D eigenvalue weighted by Gasteiger charge is 2.37. The van der Waals surface area contributed by atoms with Crippen molar-refractivity contribution in [3.8, 4) is 0 Å². The third-order valence-corrected chi connectivity index (χ3v) is 7.70. The molecular formula is C26H29N5O2S+2. The van der Waals surface area contributed by atoms with Gasteiger partial charge in [-0.25, -0.2) is 4.98 Å². The van der Waals surface area contributed by atoms with Gasteiger partial charge in [0, 0.05) is 28.9 Å². The van der Waals surface area contributed by atoms with Crippen molar-refractivity contribution >= 4 is 28.1 Å². The fourth-order valence-corrected chi connectivity index (χ4v) is 5.81. The molecule has 0 aromatic carbocycles. The molecule has 7 nitrogen and oxygen atoms in total. The van der Waals surface area contributed by atoms with E-state index in [0.717, 1.165) is 42.6 Å². The number of amides is 1. The number of rotatable bonds is 6. The Morgan fingerprint density at radius 1 is 1.18 bits per heavy atom. The maximum absolute atomic E-state index is 12.9. The first kappa shape index (κ1) is 22.3. The molecule has 0 aliphatic carbocycles. The normalized spacial score (nSPS) is 15.3. The second-order valence-corrected chi connectivity index (χ2v) is 9.79. The maximum Gasteiger partial charge on any atom is 0.291 e. The lowest BCUT2D eigenvalue weighted by Crippen LogP contribution is -3.15. The number of nitrogens with one attached hydrogen (secondary N) is 3. The molecule has 1 aliphatic heterocycles. The van der Waals surface area contributed by atoms with Crippen LogP contribution in [-0.2, 0) is 0 Å². The summed E-state index contributed by atoms with van der Waals surface area (Å²) in [5, 5.41) is 4.02. The van der Waals surface area contributed by atoms with Crippen LogP contribution in [0.5, 0.6) is 0 Å². The van der Waals surface area contributed by atoms with Gasteiger partial charge in [0.05, 0.1) is 18.0 Å². The van der Waals surface area contributed by atoms with Crippen molar-refractivity contribution in [3.05, 3.63) is 94.6 Å². The molecule has 1 atom stereocenters. The standard InChI is InChI=1S/C26H27N5O2S/c1-18-19(2)34-26(29-25(32)21-8-6-16-33-21)23(18)24(20-7-5-10-27-17-20)31-14-12-30(13-15-31)22-9-3-4-11-28-22/h3-11,16-17,24H,12-15H2,1-2H3,(H,29,32)/p+2/t24-/m0/s1. The summed E-state index contributed by atoms with van der Waals surface area (Å²) < 4.78 is 5.33. The number of carbonyl (C=O) groups excluding carboxylic acids is 1. The number of aromatic amines is 1. The molecule has 0 spiro atoms. The van der Waals surface area contributed by atoms with Crippen LogP contribution in [0.2, 0.25) is 0 Å². The first-order valence-corrected chi connectivity index (χ1v) is 12.3. The molecule has 1 fully saturated rings. The summed E-state index contributed by atoms with van der Waals surface area (Å²) in [5.41, 5.74) is 3.55. The number of nitrogens with zero attached hydrogens (tertiary/aromatic N) is 2. The van der Waals surface area contributed by atoms with Gasteiger partial charge in [-0.15, -0.1) is 11.3 Å². The number of piperazine rings is 1. The van der Waals surface area contributed by atoms with Crippen LogP contribution in [0.4, 0.5) is 10.8 Å². The second kappa shape index (κ2) is 9.79. The van der Waals surface area contributed by atoms with E-state index in [9.17, 15) is 4.79 Å². The molecule has 0 bridgehead atoms. The molecule has 8 heteroatoms. The molecular weight excluding hydrogens is 446 g/mol. The number of quaternary nitrogens is 1. The van der Waals surface area contributed by atoms with Crippen LogP contribution in [0.1, 0.15) is 38.2 Å². The summed E-state index contributed by atoms with van der Waals surface area (Å²) in [6, 6.07) is 13.8. The van der Waals surface area contributed by atoms with Gasteiger partial charge in [-0.1, -0.05) is 6.07 Å². The molecule has 5 rings (SSSR count). The molecule has 34 heavy (non-hydrogen) atoms. The quantitative estimate of drug-likeness (QED) is 0.450. The molecule has 3 N–H and O–H groups in total. The largest absolute Gasteiger partial charge is 0.459 e. The predicted octanol–water partition coefficient (Wildman–Crippen LogP) is 2.91. The number of carbonyl (C=O) groups is 1. The van der Waals surface area contributed by atoms with Crippen molar-refractivity contribution < 1.29 is 19.1 Å². The predicted molar refractivity (Wildman–Crippen MR) is 132 cm³/mol. The van der Waals surface area contributed by atoms with E-state index < -0.39 is 0 Å². The average Bonchev–Trinajstić information content (AvgIpc) is 3.51. The Balaban J connectivity index is 1.47. The molecule has 4 aromatic heterocycles. The number of furan rings is 1. The van der Waals surface area contributed by atoms with E-state index in [4.69, 9.17) is 4.42 Å². The average molecular weight is 476 g/mol. The lowest BCUT2D eigenvalue weighted by atomic mass is 9.95. The highest BCUT2D eigenvalue weighted by molar-refractivity contribution is 7.16. The number of aryl methyl sites for hydroxylation is 1. The van der Waals surface area contributed by atoms with Crippen molar-refractivity contribution in [1.82, 2.24) is 4.98 Å². The van der Waals surface area contributed by atoms with E-state index in [1.807, 2.05) is 30.7 Å². The van der Waals surface area contributed by atoms with Crippen LogP contribution < -0.4 is 20.1 Å². The number of hydrogen-bond acceptors (Lipinski definition) is 5. The summed E-state index contributed by atoms with van der Waals surface area (Å²) in [6.45, 7) is 8.11. The molecule has 4 aromatic rings. The SMILES string of the molecule is Cc1sc(NC(=O)c2ccco2)c([C@H](c2cccnc2)[NH+]2CCN(c3cccc[nH+]3)CC2)c1C. The molecule has 1 amide bonds. The van der Waals surface area contributed by atoms with Crippen LogP contribution in [0, 0.1) is 13.8 Å². The highest BCUT2D eigenvalue weighted by Crippen LogP contribution is 2.38. The zero-order valence-electron chi connectivity index (χ0n) is 19.4. The summed E-state index contributed by atoms with van der Waals surface area (Å²) in [7, 11) is 0. The Morgan fingerprint density at radius 3 is 2.71 bits per heavy atom.